The molecule has 2 aliphatic rings. The minimum absolute atomic E-state index is 0.0193. The highest BCUT2D eigenvalue weighted by atomic mass is 16.6. The van der Waals surface area contributed by atoms with Crippen LogP contribution in [-0.4, -0.2) is 50.4 Å². The number of methoxy groups -OCH3 is 2. The Morgan fingerprint density at radius 1 is 1.22 bits per heavy atom. The predicted molar refractivity (Wildman–Crippen MR) is 104 cm³/mol. The lowest BCUT2D eigenvalue weighted by Crippen LogP contribution is -2.39. The molecule has 1 aliphatic carbocycles. The number of likely N-dealkylation sites (tertiary alicyclic amines) is 1. The molecule has 0 radical (unpaired) electrons. The largest absolute Gasteiger partial charge is 0.493 e. The third kappa shape index (κ3) is 4.37. The van der Waals surface area contributed by atoms with Gasteiger partial charge in [-0.25, -0.2) is 0 Å². The Kier molecular flexibility index (Phi) is 5.36. The number of hydrogen-bond donors (Lipinski definition) is 0. The number of carbonyl (C=O) groups is 1. The lowest BCUT2D eigenvalue weighted by Gasteiger charge is -2.39. The van der Waals surface area contributed by atoms with Crippen LogP contribution in [0, 0.1) is 10.8 Å². The summed E-state index contributed by atoms with van der Waals surface area (Å²) in [5.74, 6) is 1.30. The summed E-state index contributed by atoms with van der Waals surface area (Å²) in [6.45, 7) is 7.69. The molecule has 1 saturated heterocycles. The van der Waals surface area contributed by atoms with Crippen molar-refractivity contribution in [2.45, 2.75) is 46.1 Å². The summed E-state index contributed by atoms with van der Waals surface area (Å²) >= 11 is 0. The van der Waals surface area contributed by atoms with E-state index in [0.717, 1.165) is 24.9 Å². The lowest BCUT2D eigenvalue weighted by atomic mass is 9.65. The van der Waals surface area contributed by atoms with Crippen molar-refractivity contribution in [3.63, 3.8) is 0 Å². The molecule has 3 rings (SSSR count). The third-order valence-corrected chi connectivity index (χ3v) is 5.61. The molecule has 2 bridgehead atoms. The predicted octanol–water partition coefficient (Wildman–Crippen LogP) is 3.48. The molecule has 1 saturated carbocycles. The maximum atomic E-state index is 12.6. The van der Waals surface area contributed by atoms with Crippen LogP contribution in [0.15, 0.2) is 23.4 Å². The molecule has 1 aromatic carbocycles. The van der Waals surface area contributed by atoms with Gasteiger partial charge in [-0.15, -0.1) is 0 Å². The number of oxime groups is 1. The third-order valence-electron chi connectivity index (χ3n) is 5.61. The number of rotatable bonds is 6. The van der Waals surface area contributed by atoms with Crippen LogP contribution in [0.2, 0.25) is 0 Å². The minimum atomic E-state index is -0.0310. The van der Waals surface area contributed by atoms with E-state index in [2.05, 4.69) is 25.9 Å². The topological polar surface area (TPSA) is 60.4 Å². The van der Waals surface area contributed by atoms with Crippen LogP contribution < -0.4 is 9.47 Å². The molecule has 1 amide bonds. The zero-order valence-corrected chi connectivity index (χ0v) is 16.9. The average molecular weight is 374 g/mol. The van der Waals surface area contributed by atoms with Crippen molar-refractivity contribution in [2.75, 3.05) is 27.4 Å². The van der Waals surface area contributed by atoms with Crippen molar-refractivity contribution in [2.24, 2.45) is 16.0 Å². The summed E-state index contributed by atoms with van der Waals surface area (Å²) < 4.78 is 10.5. The van der Waals surface area contributed by atoms with Crippen molar-refractivity contribution in [1.29, 1.82) is 0 Å². The molecule has 0 unspecified atom stereocenters. The van der Waals surface area contributed by atoms with Gasteiger partial charge in [-0.05, 0) is 48.3 Å². The van der Waals surface area contributed by atoms with Crippen LogP contribution in [0.3, 0.4) is 0 Å². The van der Waals surface area contributed by atoms with Crippen LogP contribution in [0.5, 0.6) is 11.5 Å². The molecular weight excluding hydrogens is 344 g/mol. The second-order valence-corrected chi connectivity index (χ2v) is 8.86. The van der Waals surface area contributed by atoms with E-state index in [1.807, 2.05) is 11.0 Å². The van der Waals surface area contributed by atoms with Gasteiger partial charge in [-0.2, -0.15) is 0 Å². The van der Waals surface area contributed by atoms with Crippen LogP contribution in [0.1, 0.15) is 45.6 Å². The van der Waals surface area contributed by atoms with Gasteiger partial charge in [0.25, 0.3) is 5.91 Å². The van der Waals surface area contributed by atoms with E-state index in [1.165, 1.54) is 6.42 Å². The normalized spacial score (nSPS) is 26.3. The Morgan fingerprint density at radius 2 is 1.96 bits per heavy atom. The monoisotopic (exact) mass is 374 g/mol. The Hall–Kier alpha value is -2.24. The maximum absolute atomic E-state index is 12.6. The first-order valence-corrected chi connectivity index (χ1v) is 9.42. The van der Waals surface area contributed by atoms with E-state index in [9.17, 15) is 4.79 Å². The molecule has 2 fully saturated rings. The van der Waals surface area contributed by atoms with E-state index < -0.39 is 0 Å². The molecule has 1 aromatic rings. The van der Waals surface area contributed by atoms with Gasteiger partial charge in [0.1, 0.15) is 0 Å². The Bertz CT molecular complexity index is 731. The lowest BCUT2D eigenvalue weighted by molar-refractivity contribution is -0.137. The maximum Gasteiger partial charge on any atom is 0.263 e. The standard InChI is InChI=1S/C21H30N2O4/c1-20(2)9-16-10-21(3,13-20)14-23(16)19(24)12-27-22-11-15-6-7-17(25-4)18(8-15)26-5/h6-8,11,16H,9-10,12-14H2,1-5H3/b22-11-/t16-,21+/m1/s1. The minimum Gasteiger partial charge on any atom is -0.493 e. The molecule has 148 valence electrons. The van der Waals surface area contributed by atoms with Crippen molar-refractivity contribution >= 4 is 12.1 Å². The van der Waals surface area contributed by atoms with Crippen molar-refractivity contribution in [3.05, 3.63) is 23.8 Å². The average Bonchev–Trinajstić information content (AvgIpc) is 2.87. The quantitative estimate of drug-likeness (QED) is 0.565. The van der Waals surface area contributed by atoms with Gasteiger partial charge in [0.2, 0.25) is 0 Å². The summed E-state index contributed by atoms with van der Waals surface area (Å²) in [7, 11) is 3.18. The zero-order chi connectivity index (χ0) is 19.7. The van der Waals surface area contributed by atoms with Gasteiger partial charge in [-0.3, -0.25) is 4.79 Å². The molecule has 1 aliphatic heterocycles. The highest BCUT2D eigenvalue weighted by Crippen LogP contribution is 2.52. The summed E-state index contributed by atoms with van der Waals surface area (Å²) in [5.41, 5.74) is 1.33. The summed E-state index contributed by atoms with van der Waals surface area (Å²) in [4.78, 5) is 19.9. The number of fused-ring (bicyclic) bond motifs is 2. The van der Waals surface area contributed by atoms with Crippen molar-refractivity contribution < 1.29 is 19.1 Å². The zero-order valence-electron chi connectivity index (χ0n) is 16.9. The fourth-order valence-corrected chi connectivity index (χ4v) is 4.96. The van der Waals surface area contributed by atoms with Gasteiger partial charge in [0.15, 0.2) is 18.1 Å². The molecule has 1 heterocycles. The van der Waals surface area contributed by atoms with Crippen LogP contribution >= 0.6 is 0 Å². The van der Waals surface area contributed by atoms with E-state index in [1.54, 1.807) is 32.6 Å². The van der Waals surface area contributed by atoms with Crippen molar-refractivity contribution in [3.8, 4) is 11.5 Å². The second kappa shape index (κ2) is 7.41. The van der Waals surface area contributed by atoms with E-state index in [0.29, 0.717) is 23.0 Å². The van der Waals surface area contributed by atoms with Crippen molar-refractivity contribution in [1.82, 2.24) is 4.90 Å². The van der Waals surface area contributed by atoms with E-state index in [-0.39, 0.29) is 17.9 Å². The number of ether oxygens (including phenoxy) is 2. The molecule has 0 N–H and O–H groups in total. The van der Waals surface area contributed by atoms with E-state index in [4.69, 9.17) is 14.3 Å². The molecule has 0 spiro atoms. The van der Waals surface area contributed by atoms with E-state index >= 15 is 0 Å². The number of benzene rings is 1. The first-order chi connectivity index (χ1) is 12.8. The van der Waals surface area contributed by atoms with Gasteiger partial charge in [0.05, 0.1) is 20.4 Å². The smallest absolute Gasteiger partial charge is 0.263 e. The van der Waals surface area contributed by atoms with Gasteiger partial charge in [-0.1, -0.05) is 25.9 Å². The fraction of sp³-hybridized carbons (Fsp3) is 0.619. The van der Waals surface area contributed by atoms with Crippen LogP contribution in [0.25, 0.3) is 0 Å². The van der Waals surface area contributed by atoms with Gasteiger partial charge >= 0.3 is 0 Å². The summed E-state index contributed by atoms with van der Waals surface area (Å²) in [6, 6.07) is 5.78. The second-order valence-electron chi connectivity index (χ2n) is 8.86. The molecule has 27 heavy (non-hydrogen) atoms. The molecule has 2 atom stereocenters. The highest BCUT2D eigenvalue weighted by Gasteiger charge is 2.50. The Morgan fingerprint density at radius 3 is 2.67 bits per heavy atom. The molecule has 6 heteroatoms. The summed E-state index contributed by atoms with van der Waals surface area (Å²) in [6.07, 6.45) is 4.89. The number of amides is 1. The summed E-state index contributed by atoms with van der Waals surface area (Å²) in [5, 5.41) is 3.95. The first kappa shape index (κ1) is 19.5. The van der Waals surface area contributed by atoms with Gasteiger partial charge < -0.3 is 19.2 Å². The first-order valence-electron chi connectivity index (χ1n) is 9.42. The van der Waals surface area contributed by atoms with Crippen LogP contribution in [0.4, 0.5) is 0 Å². The van der Waals surface area contributed by atoms with Gasteiger partial charge in [0, 0.05) is 18.2 Å². The highest BCUT2D eigenvalue weighted by molar-refractivity contribution is 5.81. The number of carbonyl (C=O) groups excluding carboxylic acids is 1. The Balaban J connectivity index is 1.55. The molecular formula is C21H30N2O4. The molecule has 6 nitrogen and oxygen atoms in total. The SMILES string of the molecule is COc1ccc(/C=N\OCC(=O)N2C[C@@]3(C)C[C@H]2CC(C)(C)C3)cc1OC. The molecule has 0 aromatic heterocycles. The van der Waals surface area contributed by atoms with Crippen LogP contribution in [-0.2, 0) is 9.63 Å². The fourth-order valence-electron chi connectivity index (χ4n) is 4.96. The number of nitrogens with zero attached hydrogens (tertiary/aromatic N) is 2. The Labute approximate surface area is 161 Å². The number of hydrogen-bond acceptors (Lipinski definition) is 5.